The lowest BCUT2D eigenvalue weighted by atomic mass is 10.0. The van der Waals surface area contributed by atoms with Crippen LogP contribution in [0.4, 0.5) is 0 Å². The average Bonchev–Trinajstić information content (AvgIpc) is 2.66. The number of nitrogens with one attached hydrogen (secondary N) is 3. The van der Waals surface area contributed by atoms with Crippen LogP contribution in [0.15, 0.2) is 0 Å². The van der Waals surface area contributed by atoms with Crippen LogP contribution in [-0.2, 0) is 28.8 Å². The molecule has 0 saturated carbocycles. The second-order valence-electron chi connectivity index (χ2n) is 8.06. The molecule has 0 rings (SSSR count). The van der Waals surface area contributed by atoms with Crippen LogP contribution in [0.3, 0.4) is 0 Å². The zero-order valence-electron chi connectivity index (χ0n) is 18.6. The fraction of sp³-hybridized carbons (Fsp3) is 0.684. The number of carboxylic acids is 2. The van der Waals surface area contributed by atoms with Crippen LogP contribution in [0.1, 0.15) is 47.0 Å². The Morgan fingerprint density at radius 3 is 1.69 bits per heavy atom. The van der Waals surface area contributed by atoms with E-state index in [2.05, 4.69) is 16.0 Å². The van der Waals surface area contributed by atoms with Gasteiger partial charge in [0.1, 0.15) is 18.1 Å². The number of carbonyl (C=O) groups excluding carboxylic acids is 4. The van der Waals surface area contributed by atoms with Crippen LogP contribution >= 0.6 is 0 Å². The van der Waals surface area contributed by atoms with Gasteiger partial charge in [-0.1, -0.05) is 27.7 Å². The minimum atomic E-state index is -1.63. The maximum absolute atomic E-state index is 12.7. The van der Waals surface area contributed by atoms with Gasteiger partial charge < -0.3 is 37.6 Å². The highest BCUT2D eigenvalue weighted by Crippen LogP contribution is 2.06. The number of nitrogens with two attached hydrogens (primary N) is 2. The molecule has 0 heterocycles. The first-order chi connectivity index (χ1) is 14.7. The summed E-state index contributed by atoms with van der Waals surface area (Å²) in [5.74, 6) is -6.94. The molecule has 32 heavy (non-hydrogen) atoms. The van der Waals surface area contributed by atoms with Crippen LogP contribution in [0.25, 0.3) is 0 Å². The molecule has 9 N–H and O–H groups in total. The largest absolute Gasteiger partial charge is 0.481 e. The summed E-state index contributed by atoms with van der Waals surface area (Å²) in [5.41, 5.74) is 10.9. The molecule has 0 saturated heterocycles. The zero-order valence-corrected chi connectivity index (χ0v) is 18.6. The Morgan fingerprint density at radius 2 is 1.28 bits per heavy atom. The predicted molar refractivity (Wildman–Crippen MR) is 112 cm³/mol. The number of aliphatic carboxylic acids is 2. The maximum atomic E-state index is 12.7. The monoisotopic (exact) mass is 459 g/mol. The van der Waals surface area contributed by atoms with Gasteiger partial charge in [-0.3, -0.25) is 24.0 Å². The smallest absolute Gasteiger partial charge is 0.326 e. The Bertz CT molecular complexity index is 725. The molecular weight excluding hydrogens is 426 g/mol. The van der Waals surface area contributed by atoms with Crippen molar-refractivity contribution < 1.29 is 39.0 Å². The summed E-state index contributed by atoms with van der Waals surface area (Å²) in [7, 11) is 0. The van der Waals surface area contributed by atoms with E-state index in [-0.39, 0.29) is 18.8 Å². The SMILES string of the molecule is CC(C)C(N)C(=O)NC(CCC(N)=O)C(=O)NC(CC(=O)O)C(=O)NC(C(=O)O)C(C)C. The number of carboxylic acid groups (broad SMARTS) is 2. The molecule has 0 aliphatic rings. The average molecular weight is 460 g/mol. The molecule has 4 unspecified atom stereocenters. The number of rotatable bonds is 14. The van der Waals surface area contributed by atoms with Crippen LogP contribution in [0.5, 0.6) is 0 Å². The predicted octanol–water partition coefficient (Wildman–Crippen LogP) is -2.10. The van der Waals surface area contributed by atoms with Gasteiger partial charge in [-0.05, 0) is 18.3 Å². The topological polar surface area (TPSA) is 231 Å². The van der Waals surface area contributed by atoms with E-state index in [1.807, 2.05) is 0 Å². The Kier molecular flexibility index (Phi) is 11.9. The van der Waals surface area contributed by atoms with Gasteiger partial charge in [0.25, 0.3) is 0 Å². The van der Waals surface area contributed by atoms with Crippen molar-refractivity contribution >= 4 is 35.6 Å². The van der Waals surface area contributed by atoms with Crippen LogP contribution in [0.2, 0.25) is 0 Å². The van der Waals surface area contributed by atoms with E-state index in [0.717, 1.165) is 0 Å². The molecule has 4 amide bonds. The van der Waals surface area contributed by atoms with E-state index in [4.69, 9.17) is 16.6 Å². The van der Waals surface area contributed by atoms with Gasteiger partial charge in [0.15, 0.2) is 0 Å². The second kappa shape index (κ2) is 13.2. The summed E-state index contributed by atoms with van der Waals surface area (Å²) in [5, 5.41) is 25.1. The normalized spacial score (nSPS) is 14.7. The molecular formula is C19H33N5O8. The summed E-state index contributed by atoms with van der Waals surface area (Å²) >= 11 is 0. The van der Waals surface area contributed by atoms with Crippen molar-refractivity contribution in [3.05, 3.63) is 0 Å². The third-order valence-electron chi connectivity index (χ3n) is 4.58. The van der Waals surface area contributed by atoms with Crippen LogP contribution < -0.4 is 27.4 Å². The minimum absolute atomic E-state index is 0.219. The minimum Gasteiger partial charge on any atom is -0.481 e. The summed E-state index contributed by atoms with van der Waals surface area (Å²) in [6, 6.07) is -5.24. The third-order valence-corrected chi connectivity index (χ3v) is 4.58. The summed E-state index contributed by atoms with van der Waals surface area (Å²) in [6.07, 6.45) is -1.34. The quantitative estimate of drug-likeness (QED) is 0.151. The Labute approximate surface area is 185 Å². The Balaban J connectivity index is 5.59. The van der Waals surface area contributed by atoms with E-state index in [0.29, 0.717) is 0 Å². The van der Waals surface area contributed by atoms with Crippen molar-refractivity contribution in [2.24, 2.45) is 23.3 Å². The van der Waals surface area contributed by atoms with Crippen molar-refractivity contribution in [2.45, 2.75) is 71.1 Å². The van der Waals surface area contributed by atoms with Crippen molar-refractivity contribution in [3.8, 4) is 0 Å². The van der Waals surface area contributed by atoms with Gasteiger partial charge in [-0.25, -0.2) is 4.79 Å². The first-order valence-corrected chi connectivity index (χ1v) is 10.1. The number of hydrogen-bond acceptors (Lipinski definition) is 7. The molecule has 0 aliphatic carbocycles. The first-order valence-electron chi connectivity index (χ1n) is 10.1. The lowest BCUT2D eigenvalue weighted by Crippen LogP contribution is -2.58. The Hall–Kier alpha value is -3.22. The summed E-state index contributed by atoms with van der Waals surface area (Å²) in [4.78, 5) is 71.1. The molecule has 4 atom stereocenters. The number of carbonyl (C=O) groups is 6. The molecule has 0 aliphatic heterocycles. The highest BCUT2D eigenvalue weighted by Gasteiger charge is 2.32. The lowest BCUT2D eigenvalue weighted by molar-refractivity contribution is -0.144. The lowest BCUT2D eigenvalue weighted by Gasteiger charge is -2.25. The van der Waals surface area contributed by atoms with Gasteiger partial charge in [0.05, 0.1) is 12.5 Å². The molecule has 0 fully saturated rings. The van der Waals surface area contributed by atoms with E-state index in [9.17, 15) is 33.9 Å². The van der Waals surface area contributed by atoms with E-state index < -0.39 is 72.1 Å². The molecule has 0 aromatic heterocycles. The van der Waals surface area contributed by atoms with Gasteiger partial charge in [0.2, 0.25) is 23.6 Å². The molecule has 13 heteroatoms. The second-order valence-corrected chi connectivity index (χ2v) is 8.06. The standard InChI is InChI=1S/C19H33N5O8/c1-8(2)14(21)18(30)22-10(5-6-12(20)25)16(28)23-11(7-13(26)27)17(29)24-15(9(3)4)19(31)32/h8-11,14-15H,5-7,21H2,1-4H3,(H2,20,25)(H,22,30)(H,23,28)(H,24,29)(H,26,27)(H,31,32). The third kappa shape index (κ3) is 10.2. The van der Waals surface area contributed by atoms with Crippen molar-refractivity contribution in [3.63, 3.8) is 0 Å². The molecule has 0 radical (unpaired) electrons. The fourth-order valence-corrected chi connectivity index (χ4v) is 2.55. The fourth-order valence-electron chi connectivity index (χ4n) is 2.55. The Morgan fingerprint density at radius 1 is 0.781 bits per heavy atom. The van der Waals surface area contributed by atoms with Crippen LogP contribution in [-0.4, -0.2) is 69.9 Å². The van der Waals surface area contributed by atoms with E-state index in [1.54, 1.807) is 13.8 Å². The van der Waals surface area contributed by atoms with Crippen molar-refractivity contribution in [1.82, 2.24) is 16.0 Å². The summed E-state index contributed by atoms with van der Waals surface area (Å²) in [6.45, 7) is 6.45. The van der Waals surface area contributed by atoms with E-state index >= 15 is 0 Å². The van der Waals surface area contributed by atoms with Gasteiger partial charge in [0, 0.05) is 6.42 Å². The molecule has 13 nitrogen and oxygen atoms in total. The van der Waals surface area contributed by atoms with Crippen LogP contribution in [0, 0.1) is 11.8 Å². The van der Waals surface area contributed by atoms with Crippen molar-refractivity contribution in [1.29, 1.82) is 0 Å². The number of amides is 4. The highest BCUT2D eigenvalue weighted by atomic mass is 16.4. The number of hydrogen-bond donors (Lipinski definition) is 7. The maximum Gasteiger partial charge on any atom is 0.326 e. The van der Waals surface area contributed by atoms with Gasteiger partial charge in [-0.2, -0.15) is 0 Å². The van der Waals surface area contributed by atoms with E-state index in [1.165, 1.54) is 13.8 Å². The first kappa shape index (κ1) is 28.8. The molecule has 0 aromatic carbocycles. The molecule has 182 valence electrons. The molecule has 0 spiro atoms. The van der Waals surface area contributed by atoms with Gasteiger partial charge >= 0.3 is 11.9 Å². The number of primary amides is 1. The highest BCUT2D eigenvalue weighted by molar-refractivity contribution is 5.95. The summed E-state index contributed by atoms with van der Waals surface area (Å²) < 4.78 is 0. The molecule has 0 aromatic rings. The zero-order chi connectivity index (χ0) is 25.2. The van der Waals surface area contributed by atoms with Gasteiger partial charge in [-0.15, -0.1) is 0 Å². The molecule has 0 bridgehead atoms. The van der Waals surface area contributed by atoms with Crippen molar-refractivity contribution in [2.75, 3.05) is 0 Å².